The van der Waals surface area contributed by atoms with Crippen LogP contribution in [0.15, 0.2) is 0 Å². The summed E-state index contributed by atoms with van der Waals surface area (Å²) in [6.07, 6.45) is 34.8. The van der Waals surface area contributed by atoms with Gasteiger partial charge in [0.05, 0.1) is 19.6 Å². The first-order valence-electron chi connectivity index (χ1n) is 20.8. The molecule has 0 unspecified atom stereocenters. The summed E-state index contributed by atoms with van der Waals surface area (Å²) in [4.78, 5) is 27.0. The molecule has 0 saturated carbocycles. The summed E-state index contributed by atoms with van der Waals surface area (Å²) in [7, 11) is 0. The van der Waals surface area contributed by atoms with Gasteiger partial charge in [-0.2, -0.15) is 0 Å². The second-order valence-electron chi connectivity index (χ2n) is 14.1. The third-order valence-electron chi connectivity index (χ3n) is 9.47. The summed E-state index contributed by atoms with van der Waals surface area (Å²) in [5.74, 6) is -0.133. The third kappa shape index (κ3) is 34.5. The van der Waals surface area contributed by atoms with Crippen LogP contribution in [0.25, 0.3) is 0 Å². The highest BCUT2D eigenvalue weighted by Crippen LogP contribution is 2.18. The fourth-order valence-electron chi connectivity index (χ4n) is 6.34. The van der Waals surface area contributed by atoms with Crippen molar-refractivity contribution in [3.8, 4) is 0 Å². The maximum absolute atomic E-state index is 12.7. The first-order valence-corrected chi connectivity index (χ1v) is 20.8. The predicted octanol–water partition coefficient (Wildman–Crippen LogP) is 11.5. The number of unbranched alkanes of at least 4 members (excludes halogenated alkanes) is 22. The summed E-state index contributed by atoms with van der Waals surface area (Å²) >= 11 is 0. The Morgan fingerprint density at radius 3 is 1.45 bits per heavy atom. The molecule has 0 aromatic heterocycles. The summed E-state index contributed by atoms with van der Waals surface area (Å²) in [6.45, 7) is 9.51. The third-order valence-corrected chi connectivity index (χ3v) is 9.47. The second kappa shape index (κ2) is 37.7. The van der Waals surface area contributed by atoms with Gasteiger partial charge in [-0.1, -0.05) is 156 Å². The first-order chi connectivity index (χ1) is 23.1. The molecular formula is C41H81NO5. The molecule has 0 fully saturated rings. The van der Waals surface area contributed by atoms with Gasteiger partial charge in [-0.15, -0.1) is 0 Å². The molecule has 1 N–H and O–H groups in total. The minimum absolute atomic E-state index is 0.00854. The van der Waals surface area contributed by atoms with Crippen molar-refractivity contribution in [3.05, 3.63) is 0 Å². The molecule has 280 valence electrons. The Labute approximate surface area is 292 Å². The van der Waals surface area contributed by atoms with Crippen molar-refractivity contribution in [3.63, 3.8) is 0 Å². The normalized spacial score (nSPS) is 11.5. The minimum atomic E-state index is -0.124. The highest BCUT2D eigenvalue weighted by Gasteiger charge is 2.14. The van der Waals surface area contributed by atoms with Crippen LogP contribution in [0.5, 0.6) is 0 Å². The molecule has 0 amide bonds. The summed E-state index contributed by atoms with van der Waals surface area (Å²) in [5, 5.41) is 9.47. The van der Waals surface area contributed by atoms with Crippen LogP contribution in [0.1, 0.15) is 213 Å². The van der Waals surface area contributed by atoms with E-state index in [1.165, 1.54) is 122 Å². The standard InChI is InChI=1S/C41H81NO5/c1-4-7-10-13-16-17-18-24-29-38-46-40(44)33-35-42(36-37-43)34-28-23-19-22-27-32-41(45)47-39(30-25-20-14-11-8-5-2)31-26-21-15-12-9-6-3/h39,43H,4-38H2,1-3H3. The van der Waals surface area contributed by atoms with E-state index < -0.39 is 0 Å². The number of esters is 2. The van der Waals surface area contributed by atoms with Crippen LogP contribution in [0, 0.1) is 0 Å². The van der Waals surface area contributed by atoms with Gasteiger partial charge in [0, 0.05) is 19.5 Å². The smallest absolute Gasteiger partial charge is 0.307 e. The monoisotopic (exact) mass is 668 g/mol. The molecular weight excluding hydrogens is 586 g/mol. The van der Waals surface area contributed by atoms with Crippen molar-refractivity contribution in [1.29, 1.82) is 0 Å². The SMILES string of the molecule is CCCCCCCCCCCOC(=O)CCN(CCO)CCCCCCCC(=O)OC(CCCCCCCC)CCCCCCCC. The van der Waals surface area contributed by atoms with Crippen LogP contribution in [0.4, 0.5) is 0 Å². The largest absolute Gasteiger partial charge is 0.466 e. The second-order valence-corrected chi connectivity index (χ2v) is 14.1. The summed E-state index contributed by atoms with van der Waals surface area (Å²) < 4.78 is 11.4. The minimum Gasteiger partial charge on any atom is -0.466 e. The molecule has 0 atom stereocenters. The highest BCUT2D eigenvalue weighted by molar-refractivity contribution is 5.69. The van der Waals surface area contributed by atoms with E-state index in [0.717, 1.165) is 64.3 Å². The zero-order valence-corrected chi connectivity index (χ0v) is 31.9. The Morgan fingerprint density at radius 1 is 0.489 bits per heavy atom. The van der Waals surface area contributed by atoms with Crippen molar-refractivity contribution in [2.24, 2.45) is 0 Å². The van der Waals surface area contributed by atoms with Crippen LogP contribution in [-0.2, 0) is 19.1 Å². The van der Waals surface area contributed by atoms with E-state index >= 15 is 0 Å². The van der Waals surface area contributed by atoms with Gasteiger partial charge in [0.15, 0.2) is 0 Å². The van der Waals surface area contributed by atoms with Crippen LogP contribution >= 0.6 is 0 Å². The Hall–Kier alpha value is -1.14. The number of hydrogen-bond donors (Lipinski definition) is 1. The molecule has 0 aliphatic heterocycles. The molecule has 0 radical (unpaired) electrons. The lowest BCUT2D eigenvalue weighted by Gasteiger charge is -2.20. The van der Waals surface area contributed by atoms with Gasteiger partial charge in [-0.3, -0.25) is 9.59 Å². The lowest BCUT2D eigenvalue weighted by atomic mass is 10.0. The van der Waals surface area contributed by atoms with E-state index in [2.05, 4.69) is 25.7 Å². The van der Waals surface area contributed by atoms with Crippen LogP contribution in [0.2, 0.25) is 0 Å². The van der Waals surface area contributed by atoms with Gasteiger partial charge in [0.25, 0.3) is 0 Å². The molecule has 0 aromatic carbocycles. The number of ether oxygens (including phenoxy) is 2. The van der Waals surface area contributed by atoms with Gasteiger partial charge in [-0.25, -0.2) is 0 Å². The van der Waals surface area contributed by atoms with Gasteiger partial charge >= 0.3 is 11.9 Å². The zero-order chi connectivity index (χ0) is 34.5. The van der Waals surface area contributed by atoms with Crippen molar-refractivity contribution >= 4 is 11.9 Å². The van der Waals surface area contributed by atoms with Crippen molar-refractivity contribution in [2.75, 3.05) is 32.8 Å². The molecule has 0 heterocycles. The number of aliphatic hydroxyl groups is 1. The molecule has 47 heavy (non-hydrogen) atoms. The molecule has 0 aliphatic carbocycles. The van der Waals surface area contributed by atoms with E-state index in [0.29, 0.717) is 32.5 Å². The van der Waals surface area contributed by atoms with Crippen molar-refractivity contribution < 1.29 is 24.2 Å². The van der Waals surface area contributed by atoms with E-state index in [9.17, 15) is 14.7 Å². The maximum Gasteiger partial charge on any atom is 0.307 e. The molecule has 0 saturated heterocycles. The average molecular weight is 668 g/mol. The lowest BCUT2D eigenvalue weighted by Crippen LogP contribution is -2.30. The highest BCUT2D eigenvalue weighted by atomic mass is 16.5. The molecule has 0 aliphatic rings. The Bertz CT molecular complexity index is 642. The summed E-state index contributed by atoms with van der Waals surface area (Å²) in [6, 6.07) is 0. The van der Waals surface area contributed by atoms with Crippen molar-refractivity contribution in [2.45, 2.75) is 219 Å². The number of aliphatic hydroxyl groups excluding tert-OH is 1. The maximum atomic E-state index is 12.7. The van der Waals surface area contributed by atoms with Gasteiger partial charge < -0.3 is 19.5 Å². The van der Waals surface area contributed by atoms with Gasteiger partial charge in [0.2, 0.25) is 0 Å². The topological polar surface area (TPSA) is 76.1 Å². The quantitative estimate of drug-likeness (QED) is 0.0521. The van der Waals surface area contributed by atoms with Gasteiger partial charge in [-0.05, 0) is 51.5 Å². The number of rotatable bonds is 38. The number of carbonyl (C=O) groups is 2. The summed E-state index contributed by atoms with van der Waals surface area (Å²) in [5.41, 5.74) is 0. The fourth-order valence-corrected chi connectivity index (χ4v) is 6.34. The van der Waals surface area contributed by atoms with E-state index in [4.69, 9.17) is 9.47 Å². The zero-order valence-electron chi connectivity index (χ0n) is 31.9. The molecule has 6 heteroatoms. The van der Waals surface area contributed by atoms with E-state index in [1.54, 1.807) is 0 Å². The number of hydrogen-bond acceptors (Lipinski definition) is 6. The van der Waals surface area contributed by atoms with Crippen LogP contribution in [0.3, 0.4) is 0 Å². The molecule has 0 rings (SSSR count). The molecule has 0 bridgehead atoms. The molecule has 0 aromatic rings. The lowest BCUT2D eigenvalue weighted by molar-refractivity contribution is -0.150. The Balaban J connectivity index is 4.03. The Morgan fingerprint density at radius 2 is 0.936 bits per heavy atom. The molecule has 6 nitrogen and oxygen atoms in total. The predicted molar refractivity (Wildman–Crippen MR) is 200 cm³/mol. The first kappa shape index (κ1) is 45.9. The average Bonchev–Trinajstić information content (AvgIpc) is 3.06. The van der Waals surface area contributed by atoms with E-state index in [1.807, 2.05) is 0 Å². The Kier molecular flexibility index (Phi) is 36.8. The van der Waals surface area contributed by atoms with Crippen LogP contribution < -0.4 is 0 Å². The number of carbonyl (C=O) groups excluding carboxylic acids is 2. The van der Waals surface area contributed by atoms with Crippen LogP contribution in [-0.4, -0.2) is 60.9 Å². The fraction of sp³-hybridized carbons (Fsp3) is 0.951. The number of nitrogens with zero attached hydrogens (tertiary/aromatic N) is 1. The van der Waals surface area contributed by atoms with E-state index in [-0.39, 0.29) is 24.6 Å². The van der Waals surface area contributed by atoms with Crippen molar-refractivity contribution in [1.82, 2.24) is 4.90 Å². The van der Waals surface area contributed by atoms with Gasteiger partial charge in [0.1, 0.15) is 6.10 Å². The molecule has 0 spiro atoms.